The van der Waals surface area contributed by atoms with Gasteiger partial charge in [-0.15, -0.1) is 0 Å². The molecule has 0 unspecified atom stereocenters. The van der Waals surface area contributed by atoms with E-state index in [9.17, 15) is 4.79 Å². The lowest BCUT2D eigenvalue weighted by Gasteiger charge is -2.04. The molecule has 5 nitrogen and oxygen atoms in total. The molecule has 0 amide bonds. The predicted molar refractivity (Wildman–Crippen MR) is 68.5 cm³/mol. The zero-order valence-corrected chi connectivity index (χ0v) is 10.2. The molecule has 0 radical (unpaired) electrons. The number of unbranched alkanes of at least 4 members (excludes halogenated alkanes) is 1. The molecule has 0 saturated heterocycles. The maximum atomic E-state index is 10.9. The van der Waals surface area contributed by atoms with E-state index in [1.54, 1.807) is 18.3 Å². The van der Waals surface area contributed by atoms with Crippen molar-refractivity contribution >= 4 is 0 Å². The summed E-state index contributed by atoms with van der Waals surface area (Å²) in [4.78, 5) is 15.1. The van der Waals surface area contributed by atoms with E-state index in [1.807, 2.05) is 6.07 Å². The van der Waals surface area contributed by atoms with Gasteiger partial charge in [-0.05, 0) is 18.6 Å². The second-order valence-electron chi connectivity index (χ2n) is 3.89. The lowest BCUT2D eigenvalue weighted by atomic mass is 10.2. The van der Waals surface area contributed by atoms with Gasteiger partial charge in [-0.2, -0.15) is 5.10 Å². The number of pyridine rings is 1. The Labute approximate surface area is 105 Å². The van der Waals surface area contributed by atoms with Crippen molar-refractivity contribution in [2.45, 2.75) is 19.8 Å². The molecule has 0 aliphatic rings. The molecule has 2 aromatic heterocycles. The highest BCUT2D eigenvalue weighted by molar-refractivity contribution is 5.57. The molecule has 94 valence electrons. The number of hydrogen-bond acceptors (Lipinski definition) is 4. The summed E-state index contributed by atoms with van der Waals surface area (Å²) < 4.78 is 5.47. The summed E-state index contributed by atoms with van der Waals surface area (Å²) in [6.45, 7) is 2.79. The fourth-order valence-corrected chi connectivity index (χ4v) is 1.44. The van der Waals surface area contributed by atoms with Crippen LogP contribution in [0.15, 0.2) is 35.3 Å². The third-order valence-corrected chi connectivity index (χ3v) is 2.46. The van der Waals surface area contributed by atoms with Crippen LogP contribution in [0.2, 0.25) is 0 Å². The molecule has 0 aliphatic heterocycles. The van der Waals surface area contributed by atoms with Crippen LogP contribution in [0.1, 0.15) is 19.8 Å². The Bertz CT molecular complexity index is 528. The molecule has 0 fully saturated rings. The number of nitrogens with one attached hydrogen (secondary N) is 1. The highest BCUT2D eigenvalue weighted by atomic mass is 16.5. The van der Waals surface area contributed by atoms with Gasteiger partial charge in [0.15, 0.2) is 0 Å². The summed E-state index contributed by atoms with van der Waals surface area (Å²) in [5.41, 5.74) is 1.31. The zero-order valence-electron chi connectivity index (χ0n) is 10.2. The quantitative estimate of drug-likeness (QED) is 0.818. The van der Waals surface area contributed by atoms with Gasteiger partial charge < -0.3 is 4.74 Å². The molecule has 0 saturated carbocycles. The van der Waals surface area contributed by atoms with Crippen LogP contribution in [0, 0.1) is 0 Å². The van der Waals surface area contributed by atoms with Crippen LogP contribution < -0.4 is 10.3 Å². The fraction of sp³-hybridized carbons (Fsp3) is 0.308. The van der Waals surface area contributed by atoms with Gasteiger partial charge in [-0.3, -0.25) is 4.79 Å². The fourth-order valence-electron chi connectivity index (χ4n) is 1.44. The first-order valence-corrected chi connectivity index (χ1v) is 5.94. The molecule has 2 rings (SSSR count). The maximum Gasteiger partial charge on any atom is 0.264 e. The monoisotopic (exact) mass is 245 g/mol. The van der Waals surface area contributed by atoms with Crippen molar-refractivity contribution in [2.24, 2.45) is 0 Å². The molecular weight excluding hydrogens is 230 g/mol. The van der Waals surface area contributed by atoms with E-state index in [1.165, 1.54) is 6.07 Å². The minimum Gasteiger partial charge on any atom is -0.478 e. The number of aromatic nitrogens is 3. The number of H-pyrrole nitrogens is 1. The smallest absolute Gasteiger partial charge is 0.264 e. The highest BCUT2D eigenvalue weighted by Gasteiger charge is 2.01. The zero-order chi connectivity index (χ0) is 12.8. The summed E-state index contributed by atoms with van der Waals surface area (Å²) in [5, 5.41) is 6.33. The van der Waals surface area contributed by atoms with Crippen molar-refractivity contribution in [3.8, 4) is 17.1 Å². The Kier molecular flexibility index (Phi) is 4.06. The van der Waals surface area contributed by atoms with Gasteiger partial charge in [0.2, 0.25) is 5.88 Å². The second kappa shape index (κ2) is 5.95. The van der Waals surface area contributed by atoms with Crippen LogP contribution >= 0.6 is 0 Å². The molecule has 0 aliphatic carbocycles. The standard InChI is InChI=1S/C13H15N3O2/c1-2-3-8-18-13-7-4-10(9-14-13)11-5-6-12(17)16-15-11/h4-7,9H,2-3,8H2,1H3,(H,16,17). The highest BCUT2D eigenvalue weighted by Crippen LogP contribution is 2.16. The Morgan fingerprint density at radius 1 is 1.28 bits per heavy atom. The number of nitrogens with zero attached hydrogens (tertiary/aromatic N) is 2. The summed E-state index contributed by atoms with van der Waals surface area (Å²) >= 11 is 0. The third kappa shape index (κ3) is 3.16. The molecule has 2 aromatic rings. The Balaban J connectivity index is 2.07. The molecule has 18 heavy (non-hydrogen) atoms. The number of ether oxygens (including phenoxy) is 1. The van der Waals surface area contributed by atoms with E-state index in [0.29, 0.717) is 18.2 Å². The molecule has 0 spiro atoms. The van der Waals surface area contributed by atoms with E-state index < -0.39 is 0 Å². The molecule has 5 heteroatoms. The predicted octanol–water partition coefficient (Wildman–Crippen LogP) is 2.01. The van der Waals surface area contributed by atoms with E-state index in [4.69, 9.17) is 4.74 Å². The van der Waals surface area contributed by atoms with Gasteiger partial charge in [0.1, 0.15) is 0 Å². The van der Waals surface area contributed by atoms with Crippen molar-refractivity contribution in [2.75, 3.05) is 6.61 Å². The van der Waals surface area contributed by atoms with Crippen LogP contribution in [-0.2, 0) is 0 Å². The average Bonchev–Trinajstić information content (AvgIpc) is 2.41. The van der Waals surface area contributed by atoms with E-state index in [2.05, 4.69) is 22.1 Å². The number of rotatable bonds is 5. The first-order valence-electron chi connectivity index (χ1n) is 5.94. The van der Waals surface area contributed by atoms with E-state index >= 15 is 0 Å². The Morgan fingerprint density at radius 2 is 2.17 bits per heavy atom. The van der Waals surface area contributed by atoms with Crippen molar-refractivity contribution in [3.63, 3.8) is 0 Å². The van der Waals surface area contributed by atoms with Crippen molar-refractivity contribution < 1.29 is 4.74 Å². The molecule has 0 aromatic carbocycles. The average molecular weight is 245 g/mol. The SMILES string of the molecule is CCCCOc1ccc(-c2ccc(=O)[nH]n2)cn1. The number of aromatic amines is 1. The second-order valence-corrected chi connectivity index (χ2v) is 3.89. The normalized spacial score (nSPS) is 10.3. The van der Waals surface area contributed by atoms with Crippen LogP contribution in [0.25, 0.3) is 11.3 Å². The Hall–Kier alpha value is -2.17. The largest absolute Gasteiger partial charge is 0.478 e. The minimum atomic E-state index is -0.216. The van der Waals surface area contributed by atoms with E-state index in [-0.39, 0.29) is 5.56 Å². The van der Waals surface area contributed by atoms with Gasteiger partial charge in [-0.25, -0.2) is 10.1 Å². The lowest BCUT2D eigenvalue weighted by molar-refractivity contribution is 0.298. The Morgan fingerprint density at radius 3 is 2.78 bits per heavy atom. The van der Waals surface area contributed by atoms with Gasteiger partial charge in [-0.1, -0.05) is 13.3 Å². The van der Waals surface area contributed by atoms with Crippen LogP contribution in [-0.4, -0.2) is 21.8 Å². The molecular formula is C13H15N3O2. The summed E-state index contributed by atoms with van der Waals surface area (Å²) in [6.07, 6.45) is 3.80. The van der Waals surface area contributed by atoms with Gasteiger partial charge >= 0.3 is 0 Å². The molecule has 2 heterocycles. The summed E-state index contributed by atoms with van der Waals surface area (Å²) in [6, 6.07) is 6.77. The first kappa shape index (κ1) is 12.3. The maximum absolute atomic E-state index is 10.9. The molecule has 0 bridgehead atoms. The van der Waals surface area contributed by atoms with Crippen molar-refractivity contribution in [1.29, 1.82) is 0 Å². The van der Waals surface area contributed by atoms with Gasteiger partial charge in [0, 0.05) is 23.9 Å². The third-order valence-electron chi connectivity index (χ3n) is 2.46. The van der Waals surface area contributed by atoms with Crippen molar-refractivity contribution in [1.82, 2.24) is 15.2 Å². The van der Waals surface area contributed by atoms with E-state index in [0.717, 1.165) is 18.4 Å². The summed E-state index contributed by atoms with van der Waals surface area (Å²) in [7, 11) is 0. The van der Waals surface area contributed by atoms with Crippen LogP contribution in [0.3, 0.4) is 0 Å². The number of hydrogen-bond donors (Lipinski definition) is 1. The molecule has 0 atom stereocenters. The van der Waals surface area contributed by atoms with Crippen LogP contribution in [0.4, 0.5) is 0 Å². The van der Waals surface area contributed by atoms with Crippen molar-refractivity contribution in [3.05, 3.63) is 40.8 Å². The van der Waals surface area contributed by atoms with Crippen LogP contribution in [0.5, 0.6) is 5.88 Å². The minimum absolute atomic E-state index is 0.216. The topological polar surface area (TPSA) is 67.9 Å². The lowest BCUT2D eigenvalue weighted by Crippen LogP contribution is -2.05. The first-order chi connectivity index (χ1) is 8.79. The summed E-state index contributed by atoms with van der Waals surface area (Å²) in [5.74, 6) is 0.608. The molecule has 1 N–H and O–H groups in total. The van der Waals surface area contributed by atoms with Gasteiger partial charge in [0.05, 0.1) is 12.3 Å². The van der Waals surface area contributed by atoms with Gasteiger partial charge in [0.25, 0.3) is 5.56 Å².